The highest BCUT2D eigenvalue weighted by Gasteiger charge is 2.50. The van der Waals surface area contributed by atoms with Crippen LogP contribution in [0.4, 0.5) is 0 Å². The SMILES string of the molecule is Cc1ccccc1S(=O)(=O)N1CCCCN2C(CO)[C@@H](c3ccc(-c4ccc5c(c4)OCO5)cc3)[C@@H]2C1. The number of aryl methyl sites for hydroxylation is 1. The normalized spacial score (nSPS) is 24.1. The molecule has 0 radical (unpaired) electrons. The molecule has 6 rings (SSSR count). The van der Waals surface area contributed by atoms with E-state index in [1.165, 1.54) is 0 Å². The van der Waals surface area contributed by atoms with Crippen LogP contribution < -0.4 is 9.47 Å². The second-order valence-electron chi connectivity index (χ2n) is 10.1. The summed E-state index contributed by atoms with van der Waals surface area (Å²) in [6, 6.07) is 21.6. The van der Waals surface area contributed by atoms with E-state index in [9.17, 15) is 13.5 Å². The van der Waals surface area contributed by atoms with E-state index >= 15 is 0 Å². The fraction of sp³-hybridized carbons (Fsp3) is 0.379. The molecule has 3 heterocycles. The first-order chi connectivity index (χ1) is 18.0. The summed E-state index contributed by atoms with van der Waals surface area (Å²) < 4.78 is 39.9. The number of hydrogen-bond donors (Lipinski definition) is 1. The van der Waals surface area contributed by atoms with Gasteiger partial charge in [0.15, 0.2) is 11.5 Å². The molecule has 194 valence electrons. The Morgan fingerprint density at radius 1 is 0.919 bits per heavy atom. The summed E-state index contributed by atoms with van der Waals surface area (Å²) in [5.74, 6) is 1.57. The van der Waals surface area contributed by atoms with Gasteiger partial charge in [-0.15, -0.1) is 0 Å². The summed E-state index contributed by atoms with van der Waals surface area (Å²) >= 11 is 0. The van der Waals surface area contributed by atoms with E-state index in [1.807, 2.05) is 37.3 Å². The van der Waals surface area contributed by atoms with Crippen molar-refractivity contribution in [3.05, 3.63) is 77.9 Å². The van der Waals surface area contributed by atoms with E-state index in [0.29, 0.717) is 18.0 Å². The standard InChI is InChI=1S/C29H32N2O5S/c1-20-6-2-3-7-28(20)37(33,34)30-14-4-5-15-31-24(17-30)29(25(31)18-32)22-10-8-21(9-11-22)23-12-13-26-27(16-23)36-19-35-26/h2-3,6-13,16,24-25,29,32H,4-5,14-15,17-19H2,1H3/t24-,25?,29-/m0/s1. The van der Waals surface area contributed by atoms with Crippen molar-refractivity contribution >= 4 is 10.0 Å². The fourth-order valence-electron chi connectivity index (χ4n) is 6.09. The van der Waals surface area contributed by atoms with Gasteiger partial charge in [0, 0.05) is 31.1 Å². The largest absolute Gasteiger partial charge is 0.454 e. The molecule has 3 aromatic carbocycles. The van der Waals surface area contributed by atoms with Crippen molar-refractivity contribution in [1.29, 1.82) is 0 Å². The van der Waals surface area contributed by atoms with Crippen LogP contribution in [0.2, 0.25) is 0 Å². The van der Waals surface area contributed by atoms with E-state index < -0.39 is 10.0 Å². The van der Waals surface area contributed by atoms with Gasteiger partial charge in [0.2, 0.25) is 16.8 Å². The minimum absolute atomic E-state index is 0.0116. The Hall–Kier alpha value is -2.91. The zero-order valence-electron chi connectivity index (χ0n) is 20.9. The van der Waals surface area contributed by atoms with Crippen LogP contribution >= 0.6 is 0 Å². The van der Waals surface area contributed by atoms with Crippen molar-refractivity contribution in [2.24, 2.45) is 0 Å². The van der Waals surface area contributed by atoms with Crippen molar-refractivity contribution in [2.45, 2.75) is 42.7 Å². The van der Waals surface area contributed by atoms with E-state index in [1.54, 1.807) is 16.4 Å². The lowest BCUT2D eigenvalue weighted by Gasteiger charge is -2.57. The second-order valence-corrected chi connectivity index (χ2v) is 12.0. The van der Waals surface area contributed by atoms with Gasteiger partial charge in [0.05, 0.1) is 11.5 Å². The van der Waals surface area contributed by atoms with Gasteiger partial charge in [0.1, 0.15) is 0 Å². The number of ether oxygens (including phenoxy) is 2. The van der Waals surface area contributed by atoms with Gasteiger partial charge >= 0.3 is 0 Å². The molecule has 1 unspecified atom stereocenters. The highest BCUT2D eigenvalue weighted by Crippen LogP contribution is 2.43. The van der Waals surface area contributed by atoms with E-state index in [4.69, 9.17) is 9.47 Å². The number of rotatable bonds is 5. The van der Waals surface area contributed by atoms with Gasteiger partial charge in [-0.3, -0.25) is 4.90 Å². The third kappa shape index (κ3) is 4.32. The molecule has 0 aliphatic carbocycles. The number of hydrogen-bond acceptors (Lipinski definition) is 6. The van der Waals surface area contributed by atoms with Crippen LogP contribution in [0.1, 0.15) is 29.9 Å². The minimum atomic E-state index is -3.61. The summed E-state index contributed by atoms with van der Waals surface area (Å²) in [5, 5.41) is 10.3. The van der Waals surface area contributed by atoms with Crippen LogP contribution in [0.3, 0.4) is 0 Å². The lowest BCUT2D eigenvalue weighted by molar-refractivity contribution is -0.0553. The number of sulfonamides is 1. The Morgan fingerprint density at radius 2 is 1.65 bits per heavy atom. The Bertz CT molecular complexity index is 1390. The Kier molecular flexibility index (Phi) is 6.44. The summed E-state index contributed by atoms with van der Waals surface area (Å²) in [4.78, 5) is 2.68. The first kappa shape index (κ1) is 24.4. The number of aliphatic hydroxyl groups excluding tert-OH is 1. The van der Waals surface area contributed by atoms with Crippen molar-refractivity contribution < 1.29 is 23.0 Å². The summed E-state index contributed by atoms with van der Waals surface area (Å²) in [6.07, 6.45) is 1.71. The average Bonchev–Trinajstić information content (AvgIpc) is 3.36. The molecule has 7 nitrogen and oxygen atoms in total. The maximum Gasteiger partial charge on any atom is 0.243 e. The van der Waals surface area contributed by atoms with Crippen LogP contribution in [0, 0.1) is 6.92 Å². The van der Waals surface area contributed by atoms with Crippen molar-refractivity contribution in [3.63, 3.8) is 0 Å². The molecule has 0 saturated carbocycles. The Morgan fingerprint density at radius 3 is 2.43 bits per heavy atom. The molecule has 8 heteroatoms. The summed E-state index contributed by atoms with van der Waals surface area (Å²) in [6.45, 7) is 3.95. The average molecular weight is 521 g/mol. The third-order valence-corrected chi connectivity index (χ3v) is 10.1. The molecule has 0 bridgehead atoms. The smallest absolute Gasteiger partial charge is 0.243 e. The molecule has 1 N–H and O–H groups in total. The molecule has 0 aromatic heterocycles. The van der Waals surface area contributed by atoms with Gasteiger partial charge in [0.25, 0.3) is 0 Å². The molecule has 2 fully saturated rings. The summed E-state index contributed by atoms with van der Waals surface area (Å²) in [5.41, 5.74) is 4.00. The predicted octanol–water partition coefficient (Wildman–Crippen LogP) is 4.00. The zero-order chi connectivity index (χ0) is 25.6. The highest BCUT2D eigenvalue weighted by molar-refractivity contribution is 7.89. The van der Waals surface area contributed by atoms with Gasteiger partial charge in [-0.1, -0.05) is 48.5 Å². The van der Waals surface area contributed by atoms with Crippen LogP contribution in [0.25, 0.3) is 11.1 Å². The van der Waals surface area contributed by atoms with Gasteiger partial charge in [-0.05, 0) is 66.8 Å². The highest BCUT2D eigenvalue weighted by atomic mass is 32.2. The van der Waals surface area contributed by atoms with E-state index in [2.05, 4.69) is 29.2 Å². The van der Waals surface area contributed by atoms with Gasteiger partial charge in [-0.2, -0.15) is 4.31 Å². The van der Waals surface area contributed by atoms with Crippen LogP contribution in [0.5, 0.6) is 11.5 Å². The zero-order valence-corrected chi connectivity index (χ0v) is 21.7. The van der Waals surface area contributed by atoms with Crippen LogP contribution in [0.15, 0.2) is 71.6 Å². The molecular formula is C29H32N2O5S. The molecular weight excluding hydrogens is 488 g/mol. The van der Waals surface area contributed by atoms with Crippen molar-refractivity contribution in [3.8, 4) is 22.6 Å². The lowest BCUT2D eigenvalue weighted by atomic mass is 9.74. The molecule has 3 atom stereocenters. The minimum Gasteiger partial charge on any atom is -0.454 e. The Balaban J connectivity index is 1.27. The van der Waals surface area contributed by atoms with Crippen molar-refractivity contribution in [2.75, 3.05) is 33.0 Å². The molecule has 3 aliphatic rings. The first-order valence-corrected chi connectivity index (χ1v) is 14.3. The molecule has 3 aromatic rings. The number of nitrogens with zero attached hydrogens (tertiary/aromatic N) is 2. The quantitative estimate of drug-likeness (QED) is 0.548. The fourth-order valence-corrected chi connectivity index (χ4v) is 7.81. The lowest BCUT2D eigenvalue weighted by Crippen LogP contribution is -2.67. The Labute approximate surface area is 218 Å². The summed E-state index contributed by atoms with van der Waals surface area (Å²) in [7, 11) is -3.61. The van der Waals surface area contributed by atoms with Gasteiger partial charge in [-0.25, -0.2) is 8.42 Å². The number of fused-ring (bicyclic) bond motifs is 2. The molecule has 3 aliphatic heterocycles. The third-order valence-electron chi connectivity index (χ3n) is 8.05. The molecule has 37 heavy (non-hydrogen) atoms. The van der Waals surface area contributed by atoms with Crippen LogP contribution in [-0.2, 0) is 10.0 Å². The maximum absolute atomic E-state index is 13.7. The maximum atomic E-state index is 13.7. The first-order valence-electron chi connectivity index (χ1n) is 12.9. The second kappa shape index (κ2) is 9.76. The number of aliphatic hydroxyl groups is 1. The molecule has 0 amide bonds. The molecule has 0 spiro atoms. The predicted molar refractivity (Wildman–Crippen MR) is 141 cm³/mol. The van der Waals surface area contributed by atoms with E-state index in [0.717, 1.165) is 53.1 Å². The number of benzene rings is 3. The topological polar surface area (TPSA) is 79.3 Å². The monoisotopic (exact) mass is 520 g/mol. The molecule has 2 saturated heterocycles. The van der Waals surface area contributed by atoms with E-state index in [-0.39, 0.29) is 31.4 Å². The van der Waals surface area contributed by atoms with Crippen LogP contribution in [-0.4, -0.2) is 67.8 Å². The van der Waals surface area contributed by atoms with Gasteiger partial charge < -0.3 is 14.6 Å². The van der Waals surface area contributed by atoms with Crippen molar-refractivity contribution in [1.82, 2.24) is 9.21 Å².